The SMILES string of the molecule is CCNCc1ccc([N+](=O)[O-])c(OC2CCOCC2)c1. The molecule has 20 heavy (non-hydrogen) atoms. The van der Waals surface area contributed by atoms with Gasteiger partial charge < -0.3 is 14.8 Å². The Bertz CT molecular complexity index is 458. The van der Waals surface area contributed by atoms with E-state index in [-0.39, 0.29) is 11.8 Å². The summed E-state index contributed by atoms with van der Waals surface area (Å²) < 4.78 is 11.1. The van der Waals surface area contributed by atoms with Crippen LogP contribution in [0.25, 0.3) is 0 Å². The molecular formula is C14H20N2O4. The van der Waals surface area contributed by atoms with Crippen molar-refractivity contribution in [2.45, 2.75) is 32.4 Å². The van der Waals surface area contributed by atoms with Crippen LogP contribution in [0.4, 0.5) is 5.69 Å². The molecule has 0 spiro atoms. The predicted molar refractivity (Wildman–Crippen MR) is 74.9 cm³/mol. The first-order chi connectivity index (χ1) is 9.70. The van der Waals surface area contributed by atoms with Gasteiger partial charge in [-0.3, -0.25) is 10.1 Å². The van der Waals surface area contributed by atoms with E-state index in [4.69, 9.17) is 9.47 Å². The van der Waals surface area contributed by atoms with Crippen LogP contribution >= 0.6 is 0 Å². The number of rotatable bonds is 6. The third-order valence-electron chi connectivity index (χ3n) is 3.26. The van der Waals surface area contributed by atoms with Gasteiger partial charge in [-0.15, -0.1) is 0 Å². The lowest BCUT2D eigenvalue weighted by Gasteiger charge is -2.23. The van der Waals surface area contributed by atoms with Gasteiger partial charge in [-0.05, 0) is 18.2 Å². The molecule has 1 saturated heterocycles. The smallest absolute Gasteiger partial charge is 0.310 e. The Morgan fingerprint density at radius 3 is 2.85 bits per heavy atom. The second kappa shape index (κ2) is 7.21. The van der Waals surface area contributed by atoms with Gasteiger partial charge in [0.25, 0.3) is 0 Å². The highest BCUT2D eigenvalue weighted by Crippen LogP contribution is 2.30. The van der Waals surface area contributed by atoms with Crippen LogP contribution in [-0.4, -0.2) is 30.8 Å². The number of nitrogens with zero attached hydrogens (tertiary/aromatic N) is 1. The van der Waals surface area contributed by atoms with E-state index < -0.39 is 4.92 Å². The van der Waals surface area contributed by atoms with Crippen LogP contribution in [0.15, 0.2) is 18.2 Å². The summed E-state index contributed by atoms with van der Waals surface area (Å²) in [5.41, 5.74) is 1.01. The number of benzene rings is 1. The molecule has 1 aliphatic rings. The van der Waals surface area contributed by atoms with Gasteiger partial charge in [0, 0.05) is 25.5 Å². The number of nitrogens with one attached hydrogen (secondary N) is 1. The van der Waals surface area contributed by atoms with E-state index >= 15 is 0 Å². The normalized spacial score (nSPS) is 16.1. The quantitative estimate of drug-likeness (QED) is 0.639. The molecule has 6 nitrogen and oxygen atoms in total. The van der Waals surface area contributed by atoms with Crippen LogP contribution in [0.2, 0.25) is 0 Å². The van der Waals surface area contributed by atoms with Crippen LogP contribution in [0, 0.1) is 10.1 Å². The van der Waals surface area contributed by atoms with Gasteiger partial charge in [-0.25, -0.2) is 0 Å². The highest BCUT2D eigenvalue weighted by atomic mass is 16.6. The van der Waals surface area contributed by atoms with Gasteiger partial charge in [0.2, 0.25) is 0 Å². The molecule has 1 fully saturated rings. The van der Waals surface area contributed by atoms with Crippen LogP contribution < -0.4 is 10.1 Å². The molecule has 1 aliphatic heterocycles. The standard InChI is InChI=1S/C14H20N2O4/c1-2-15-10-11-3-4-13(16(17)18)14(9-11)20-12-5-7-19-8-6-12/h3-4,9,12,15H,2,5-8,10H2,1H3. The zero-order valence-electron chi connectivity index (χ0n) is 11.6. The van der Waals surface area contributed by atoms with Gasteiger partial charge in [0.15, 0.2) is 5.75 Å². The molecule has 1 aromatic rings. The average Bonchev–Trinajstić information content (AvgIpc) is 2.46. The van der Waals surface area contributed by atoms with Crippen LogP contribution in [-0.2, 0) is 11.3 Å². The van der Waals surface area contributed by atoms with Crippen molar-refractivity contribution >= 4 is 5.69 Å². The van der Waals surface area contributed by atoms with Crippen LogP contribution in [0.5, 0.6) is 5.75 Å². The molecule has 0 unspecified atom stereocenters. The molecule has 0 aliphatic carbocycles. The van der Waals surface area contributed by atoms with Crippen molar-refractivity contribution in [3.8, 4) is 5.75 Å². The third-order valence-corrected chi connectivity index (χ3v) is 3.26. The van der Waals surface area contributed by atoms with Gasteiger partial charge in [0.05, 0.1) is 18.1 Å². The fourth-order valence-corrected chi connectivity index (χ4v) is 2.16. The Kier molecular flexibility index (Phi) is 5.31. The van der Waals surface area contributed by atoms with Crippen molar-refractivity contribution in [2.75, 3.05) is 19.8 Å². The summed E-state index contributed by atoms with van der Waals surface area (Å²) in [7, 11) is 0. The zero-order valence-corrected chi connectivity index (χ0v) is 11.6. The Balaban J connectivity index is 2.14. The summed E-state index contributed by atoms with van der Waals surface area (Å²) in [4.78, 5) is 10.7. The average molecular weight is 280 g/mol. The number of nitro benzene ring substituents is 1. The summed E-state index contributed by atoms with van der Waals surface area (Å²) >= 11 is 0. The van der Waals surface area contributed by atoms with Crippen molar-refractivity contribution in [1.29, 1.82) is 0 Å². The minimum atomic E-state index is -0.397. The first-order valence-electron chi connectivity index (χ1n) is 6.93. The van der Waals surface area contributed by atoms with Gasteiger partial charge in [-0.1, -0.05) is 13.0 Å². The van der Waals surface area contributed by atoms with Gasteiger partial charge in [-0.2, -0.15) is 0 Å². The highest BCUT2D eigenvalue weighted by Gasteiger charge is 2.21. The Morgan fingerprint density at radius 1 is 1.45 bits per heavy atom. The highest BCUT2D eigenvalue weighted by molar-refractivity contribution is 5.48. The van der Waals surface area contributed by atoms with E-state index in [2.05, 4.69) is 5.32 Å². The summed E-state index contributed by atoms with van der Waals surface area (Å²) in [5, 5.41) is 14.3. The number of nitro groups is 1. The molecule has 110 valence electrons. The predicted octanol–water partition coefficient (Wildman–Crippen LogP) is 2.26. The Hall–Kier alpha value is -1.66. The molecule has 0 saturated carbocycles. The fraction of sp³-hybridized carbons (Fsp3) is 0.571. The van der Waals surface area contributed by atoms with E-state index in [1.807, 2.05) is 6.92 Å². The first kappa shape index (κ1) is 14.7. The Morgan fingerprint density at radius 2 is 2.20 bits per heavy atom. The lowest BCUT2D eigenvalue weighted by molar-refractivity contribution is -0.386. The molecule has 6 heteroatoms. The molecule has 1 aromatic carbocycles. The summed E-state index contributed by atoms with van der Waals surface area (Å²) in [5.74, 6) is 0.359. The minimum absolute atomic E-state index is 0.00293. The van der Waals surface area contributed by atoms with Crippen LogP contribution in [0.3, 0.4) is 0 Å². The topological polar surface area (TPSA) is 73.6 Å². The zero-order chi connectivity index (χ0) is 14.4. The van der Waals surface area contributed by atoms with E-state index in [0.717, 1.165) is 24.9 Å². The van der Waals surface area contributed by atoms with E-state index in [0.29, 0.717) is 25.5 Å². The van der Waals surface area contributed by atoms with Crippen molar-refractivity contribution in [2.24, 2.45) is 0 Å². The number of hydrogen-bond acceptors (Lipinski definition) is 5. The number of ether oxygens (including phenoxy) is 2. The molecule has 0 bridgehead atoms. The number of hydrogen-bond donors (Lipinski definition) is 1. The lowest BCUT2D eigenvalue weighted by Crippen LogP contribution is -2.26. The molecule has 2 rings (SSSR count). The molecule has 1 heterocycles. The molecule has 0 atom stereocenters. The molecule has 0 radical (unpaired) electrons. The van der Waals surface area contributed by atoms with Crippen LogP contribution in [0.1, 0.15) is 25.3 Å². The molecule has 1 N–H and O–H groups in total. The van der Waals surface area contributed by atoms with Gasteiger partial charge in [0.1, 0.15) is 6.10 Å². The second-order valence-corrected chi connectivity index (χ2v) is 4.77. The first-order valence-corrected chi connectivity index (χ1v) is 6.93. The second-order valence-electron chi connectivity index (χ2n) is 4.77. The van der Waals surface area contributed by atoms with Gasteiger partial charge >= 0.3 is 5.69 Å². The van der Waals surface area contributed by atoms with E-state index in [1.54, 1.807) is 12.1 Å². The molecule has 0 amide bonds. The van der Waals surface area contributed by atoms with Crippen molar-refractivity contribution in [3.05, 3.63) is 33.9 Å². The minimum Gasteiger partial charge on any atom is -0.483 e. The summed E-state index contributed by atoms with van der Waals surface area (Å²) in [6.45, 7) is 4.85. The maximum atomic E-state index is 11.1. The molecular weight excluding hydrogens is 260 g/mol. The fourth-order valence-electron chi connectivity index (χ4n) is 2.16. The maximum absolute atomic E-state index is 11.1. The lowest BCUT2D eigenvalue weighted by atomic mass is 10.1. The maximum Gasteiger partial charge on any atom is 0.310 e. The molecule has 0 aromatic heterocycles. The monoisotopic (exact) mass is 280 g/mol. The van der Waals surface area contributed by atoms with E-state index in [1.165, 1.54) is 6.07 Å². The summed E-state index contributed by atoms with van der Waals surface area (Å²) in [6.07, 6.45) is 1.54. The third kappa shape index (κ3) is 3.91. The van der Waals surface area contributed by atoms with Crippen molar-refractivity contribution < 1.29 is 14.4 Å². The largest absolute Gasteiger partial charge is 0.483 e. The van der Waals surface area contributed by atoms with Crippen molar-refractivity contribution in [1.82, 2.24) is 5.32 Å². The summed E-state index contributed by atoms with van der Waals surface area (Å²) in [6, 6.07) is 5.04. The Labute approximate surface area is 118 Å². The van der Waals surface area contributed by atoms with Crippen molar-refractivity contribution in [3.63, 3.8) is 0 Å². The van der Waals surface area contributed by atoms with E-state index in [9.17, 15) is 10.1 Å².